The van der Waals surface area contributed by atoms with Crippen LogP contribution < -0.4 is 26.4 Å². The first-order valence-corrected chi connectivity index (χ1v) is 17.0. The maximum absolute atomic E-state index is 13.5. The number of unbranched alkanes of at least 4 members (excludes halogenated alkanes) is 1. The highest BCUT2D eigenvalue weighted by atomic mass is 35.5. The van der Waals surface area contributed by atoms with E-state index in [0.717, 1.165) is 70.4 Å². The summed E-state index contributed by atoms with van der Waals surface area (Å²) < 4.78 is 1.71. The van der Waals surface area contributed by atoms with Gasteiger partial charge in [-0.15, -0.1) is 11.6 Å². The van der Waals surface area contributed by atoms with E-state index >= 15 is 0 Å². The molecule has 0 radical (unpaired) electrons. The van der Waals surface area contributed by atoms with E-state index in [2.05, 4.69) is 35.7 Å². The van der Waals surface area contributed by atoms with Crippen LogP contribution in [-0.4, -0.2) is 93.7 Å². The molecule has 3 aromatic heterocycles. The lowest BCUT2D eigenvalue weighted by atomic mass is 10.0. The Balaban J connectivity index is 1.12. The number of nitrogens with zero attached hydrogens (tertiary/aromatic N) is 6. The van der Waals surface area contributed by atoms with E-state index in [0.29, 0.717) is 54.4 Å². The molecule has 0 spiro atoms. The Morgan fingerprint density at radius 3 is 2.30 bits per heavy atom. The number of piperazine rings is 1. The number of hydrogen-bond donors (Lipinski definition) is 3. The zero-order valence-corrected chi connectivity index (χ0v) is 27.9. The molecule has 3 aromatic rings. The van der Waals surface area contributed by atoms with Crippen LogP contribution in [-0.2, 0) is 9.59 Å². The number of halogens is 1. The third-order valence-electron chi connectivity index (χ3n) is 9.00. The van der Waals surface area contributed by atoms with Gasteiger partial charge in [-0.05, 0) is 57.2 Å². The molecule has 14 heteroatoms. The SMILES string of the molecule is CC(=O)c1c(C)c2cnc(Nc3ccc(N4CCN(CCC(=O)NCCCCNC(=O)CCl)CC4)cn3)nc2n(C2CCCC2)c1=O. The van der Waals surface area contributed by atoms with Crippen molar-refractivity contribution in [2.45, 2.75) is 64.8 Å². The van der Waals surface area contributed by atoms with E-state index in [1.54, 1.807) is 17.7 Å². The predicted molar refractivity (Wildman–Crippen MR) is 183 cm³/mol. The first-order valence-electron chi connectivity index (χ1n) is 16.5. The van der Waals surface area contributed by atoms with Crippen molar-refractivity contribution >= 4 is 57.7 Å². The largest absolute Gasteiger partial charge is 0.368 e. The molecule has 0 atom stereocenters. The second-order valence-electron chi connectivity index (χ2n) is 12.2. The van der Waals surface area contributed by atoms with Gasteiger partial charge in [0.15, 0.2) is 5.78 Å². The lowest BCUT2D eigenvalue weighted by Gasteiger charge is -2.35. The van der Waals surface area contributed by atoms with Crippen LogP contribution >= 0.6 is 11.6 Å². The fraction of sp³-hybridized carbons (Fsp3) is 0.545. The second kappa shape index (κ2) is 16.1. The molecular formula is C33H44ClN9O4. The number of rotatable bonds is 14. The average Bonchev–Trinajstić information content (AvgIpc) is 3.60. The Hall–Kier alpha value is -4.10. The molecule has 1 aliphatic carbocycles. The molecule has 2 fully saturated rings. The Kier molecular flexibility index (Phi) is 11.8. The summed E-state index contributed by atoms with van der Waals surface area (Å²) in [6, 6.07) is 3.92. The van der Waals surface area contributed by atoms with Gasteiger partial charge in [-0.1, -0.05) is 12.8 Å². The zero-order valence-electron chi connectivity index (χ0n) is 27.2. The molecule has 2 amide bonds. The molecular weight excluding hydrogens is 622 g/mol. The Labute approximate surface area is 279 Å². The fourth-order valence-electron chi connectivity index (χ4n) is 6.40. The zero-order chi connectivity index (χ0) is 33.3. The summed E-state index contributed by atoms with van der Waals surface area (Å²) in [5.74, 6) is 0.513. The van der Waals surface area contributed by atoms with Gasteiger partial charge in [0, 0.05) is 69.9 Å². The highest BCUT2D eigenvalue weighted by molar-refractivity contribution is 6.27. The number of anilines is 3. The van der Waals surface area contributed by atoms with Gasteiger partial charge in [0.05, 0.1) is 17.4 Å². The van der Waals surface area contributed by atoms with Crippen molar-refractivity contribution in [1.82, 2.24) is 35.1 Å². The minimum Gasteiger partial charge on any atom is -0.368 e. The lowest BCUT2D eigenvalue weighted by Crippen LogP contribution is -2.47. The van der Waals surface area contributed by atoms with Crippen LogP contribution in [0.15, 0.2) is 29.3 Å². The highest BCUT2D eigenvalue weighted by Crippen LogP contribution is 2.32. The summed E-state index contributed by atoms with van der Waals surface area (Å²) in [6.07, 6.45) is 9.41. The number of amides is 2. The number of aryl methyl sites for hydroxylation is 1. The first-order chi connectivity index (χ1) is 22.7. The van der Waals surface area contributed by atoms with Crippen molar-refractivity contribution in [3.05, 3.63) is 46.0 Å². The number of Topliss-reactive ketones (excluding diaryl/α,β-unsaturated/α-hetero) is 1. The van der Waals surface area contributed by atoms with Gasteiger partial charge in [0.25, 0.3) is 5.56 Å². The Morgan fingerprint density at radius 2 is 1.66 bits per heavy atom. The number of aromatic nitrogens is 4. The van der Waals surface area contributed by atoms with Crippen LogP contribution in [0.3, 0.4) is 0 Å². The summed E-state index contributed by atoms with van der Waals surface area (Å²) in [5, 5.41) is 9.56. The molecule has 1 saturated carbocycles. The predicted octanol–water partition coefficient (Wildman–Crippen LogP) is 3.32. The minimum absolute atomic E-state index is 0.0147. The van der Waals surface area contributed by atoms with Gasteiger partial charge in [0.2, 0.25) is 17.8 Å². The Bertz CT molecular complexity index is 1630. The molecule has 1 saturated heterocycles. The van der Waals surface area contributed by atoms with Gasteiger partial charge >= 0.3 is 0 Å². The number of alkyl halides is 1. The number of carbonyl (C=O) groups is 3. The van der Waals surface area contributed by atoms with Crippen LogP contribution in [0.2, 0.25) is 0 Å². The first kappa shape index (κ1) is 34.2. The molecule has 0 aromatic carbocycles. The van der Waals surface area contributed by atoms with Crippen LogP contribution in [0, 0.1) is 6.92 Å². The van der Waals surface area contributed by atoms with E-state index in [4.69, 9.17) is 16.6 Å². The van der Waals surface area contributed by atoms with Crippen LogP contribution in [0.5, 0.6) is 0 Å². The quantitative estimate of drug-likeness (QED) is 0.133. The van der Waals surface area contributed by atoms with E-state index < -0.39 is 0 Å². The topological polar surface area (TPSA) is 154 Å². The van der Waals surface area contributed by atoms with E-state index in [1.165, 1.54) is 6.92 Å². The number of pyridine rings is 2. The average molecular weight is 666 g/mol. The van der Waals surface area contributed by atoms with Crippen molar-refractivity contribution in [1.29, 1.82) is 0 Å². The molecule has 4 heterocycles. The molecule has 13 nitrogen and oxygen atoms in total. The van der Waals surface area contributed by atoms with Crippen LogP contribution in [0.4, 0.5) is 17.5 Å². The van der Waals surface area contributed by atoms with Gasteiger partial charge in [-0.2, -0.15) is 4.98 Å². The monoisotopic (exact) mass is 665 g/mol. The number of nitrogens with one attached hydrogen (secondary N) is 3. The highest BCUT2D eigenvalue weighted by Gasteiger charge is 2.26. The third kappa shape index (κ3) is 8.63. The summed E-state index contributed by atoms with van der Waals surface area (Å²) >= 11 is 5.45. The maximum Gasteiger partial charge on any atom is 0.263 e. The molecule has 3 N–H and O–H groups in total. The molecule has 1 aliphatic heterocycles. The van der Waals surface area contributed by atoms with Crippen LogP contribution in [0.1, 0.15) is 73.8 Å². The summed E-state index contributed by atoms with van der Waals surface area (Å²) in [4.78, 5) is 67.7. The van der Waals surface area contributed by atoms with Crippen molar-refractivity contribution < 1.29 is 14.4 Å². The van der Waals surface area contributed by atoms with Crippen molar-refractivity contribution in [2.75, 3.05) is 61.9 Å². The van der Waals surface area contributed by atoms with Crippen LogP contribution in [0.25, 0.3) is 11.0 Å². The van der Waals surface area contributed by atoms with Crippen molar-refractivity contribution in [2.24, 2.45) is 0 Å². The van der Waals surface area contributed by atoms with E-state index in [1.807, 2.05) is 18.3 Å². The number of hydrogen-bond acceptors (Lipinski definition) is 10. The van der Waals surface area contributed by atoms with Crippen molar-refractivity contribution in [3.63, 3.8) is 0 Å². The normalized spacial score (nSPS) is 15.6. The number of fused-ring (bicyclic) bond motifs is 1. The summed E-state index contributed by atoms with van der Waals surface area (Å²) in [5.41, 5.74) is 2.11. The summed E-state index contributed by atoms with van der Waals surface area (Å²) in [6.45, 7) is 8.46. The molecule has 5 rings (SSSR count). The minimum atomic E-state index is -0.275. The number of ketones is 1. The summed E-state index contributed by atoms with van der Waals surface area (Å²) in [7, 11) is 0. The maximum atomic E-state index is 13.5. The van der Waals surface area contributed by atoms with Gasteiger partial charge in [-0.3, -0.25) is 28.6 Å². The molecule has 47 heavy (non-hydrogen) atoms. The lowest BCUT2D eigenvalue weighted by molar-refractivity contribution is -0.121. The van der Waals surface area contributed by atoms with Gasteiger partial charge in [-0.25, -0.2) is 9.97 Å². The van der Waals surface area contributed by atoms with E-state index in [9.17, 15) is 19.2 Å². The third-order valence-corrected chi connectivity index (χ3v) is 9.24. The standard InChI is InChI=1S/C33H44ClN9O4/c1-22-26-21-38-33(40-31(26)43(24-7-3-4-8-24)32(47)30(22)23(2)44)39-27-10-9-25(20-37-27)42-17-15-41(16-18-42)14-11-28(45)35-12-5-6-13-36-29(46)19-34/h9-10,20-21,24H,3-8,11-19H2,1-2H3,(H,35,45)(H,36,46)(H,37,38,39,40). The van der Waals surface area contributed by atoms with Crippen molar-refractivity contribution in [3.8, 4) is 0 Å². The molecule has 252 valence electrons. The smallest absolute Gasteiger partial charge is 0.263 e. The fourth-order valence-corrected chi connectivity index (χ4v) is 6.50. The van der Waals surface area contributed by atoms with Gasteiger partial charge < -0.3 is 20.9 Å². The molecule has 2 aliphatic rings. The second-order valence-corrected chi connectivity index (χ2v) is 12.5. The molecule has 0 unspecified atom stereocenters. The Morgan fingerprint density at radius 1 is 0.957 bits per heavy atom. The van der Waals surface area contributed by atoms with E-state index in [-0.39, 0.29) is 40.6 Å². The number of carbonyl (C=O) groups excluding carboxylic acids is 3. The molecule has 0 bridgehead atoms. The van der Waals surface area contributed by atoms with Gasteiger partial charge in [0.1, 0.15) is 17.3 Å².